The van der Waals surface area contributed by atoms with E-state index in [1.807, 2.05) is 43.0 Å². The van der Waals surface area contributed by atoms with Crippen LogP contribution in [-0.4, -0.2) is 23.9 Å². The monoisotopic (exact) mass is 271 g/mol. The number of benzene rings is 1. The third-order valence-electron chi connectivity index (χ3n) is 3.44. The molecule has 0 spiro atoms. The van der Waals surface area contributed by atoms with E-state index < -0.39 is 0 Å². The van der Waals surface area contributed by atoms with Crippen LogP contribution in [0.2, 0.25) is 0 Å². The first-order valence-electron chi connectivity index (χ1n) is 7.28. The normalized spacial score (nSPS) is 10.8. The van der Waals surface area contributed by atoms with Gasteiger partial charge in [-0.1, -0.05) is 37.8 Å². The molecule has 0 fully saturated rings. The lowest BCUT2D eigenvalue weighted by Gasteiger charge is -2.22. The van der Waals surface area contributed by atoms with Gasteiger partial charge in [0.05, 0.1) is 0 Å². The number of aryl methyl sites for hydroxylation is 1. The molecule has 0 saturated carbocycles. The summed E-state index contributed by atoms with van der Waals surface area (Å²) in [5, 5.41) is 0. The second-order valence-corrected chi connectivity index (χ2v) is 4.85. The van der Waals surface area contributed by atoms with Crippen LogP contribution in [-0.2, 0) is 0 Å². The van der Waals surface area contributed by atoms with Crippen LogP contribution in [0.25, 0.3) is 12.2 Å². The average Bonchev–Trinajstić information content (AvgIpc) is 2.46. The van der Waals surface area contributed by atoms with Gasteiger partial charge in [0, 0.05) is 18.7 Å². The molecule has 0 atom stereocenters. The first-order valence-corrected chi connectivity index (χ1v) is 7.28. The molecule has 0 N–H and O–H groups in total. The fourth-order valence-corrected chi connectivity index (χ4v) is 2.38. The number of carbonyl (C=O) groups is 1. The molecule has 0 aromatic heterocycles. The largest absolute Gasteiger partial charge is 0.339 e. The predicted octanol–water partition coefficient (Wildman–Crippen LogP) is 4.54. The van der Waals surface area contributed by atoms with Crippen LogP contribution < -0.4 is 0 Å². The smallest absolute Gasteiger partial charge is 0.254 e. The molecule has 0 aliphatic carbocycles. The van der Waals surface area contributed by atoms with E-state index in [1.165, 1.54) is 0 Å². The zero-order valence-electron chi connectivity index (χ0n) is 13.1. The molecule has 2 heteroatoms. The highest BCUT2D eigenvalue weighted by molar-refractivity contribution is 5.99. The number of rotatable bonds is 6. The highest BCUT2D eigenvalue weighted by Gasteiger charge is 2.18. The molecule has 1 amide bonds. The van der Waals surface area contributed by atoms with Crippen molar-refractivity contribution in [3.63, 3.8) is 0 Å². The van der Waals surface area contributed by atoms with Gasteiger partial charge in [-0.15, -0.1) is 0 Å². The Bertz CT molecular complexity index is 514. The molecular weight excluding hydrogens is 246 g/mol. The maximum Gasteiger partial charge on any atom is 0.254 e. The molecule has 0 aliphatic rings. The summed E-state index contributed by atoms with van der Waals surface area (Å²) in [4.78, 5) is 14.6. The van der Waals surface area contributed by atoms with Gasteiger partial charge in [0.25, 0.3) is 5.91 Å². The highest BCUT2D eigenvalue weighted by Crippen LogP contribution is 2.23. The minimum Gasteiger partial charge on any atom is -0.339 e. The maximum absolute atomic E-state index is 12.7. The summed E-state index contributed by atoms with van der Waals surface area (Å²) in [5.41, 5.74) is 3.92. The van der Waals surface area contributed by atoms with E-state index in [-0.39, 0.29) is 5.91 Å². The van der Waals surface area contributed by atoms with Crippen molar-refractivity contribution in [3.05, 3.63) is 47.0 Å². The minimum absolute atomic E-state index is 0.0926. The Morgan fingerprint density at radius 1 is 1.30 bits per heavy atom. The van der Waals surface area contributed by atoms with Crippen LogP contribution in [0.1, 0.15) is 54.2 Å². The maximum atomic E-state index is 12.7. The Balaban J connectivity index is 3.34. The summed E-state index contributed by atoms with van der Waals surface area (Å²) < 4.78 is 0. The van der Waals surface area contributed by atoms with E-state index in [2.05, 4.69) is 20.4 Å². The van der Waals surface area contributed by atoms with E-state index in [0.717, 1.165) is 41.8 Å². The zero-order chi connectivity index (χ0) is 15.1. The van der Waals surface area contributed by atoms with E-state index in [1.54, 1.807) is 6.08 Å². The molecule has 0 radical (unpaired) electrons. The minimum atomic E-state index is 0.0926. The van der Waals surface area contributed by atoms with Gasteiger partial charge in [-0.05, 0) is 49.9 Å². The van der Waals surface area contributed by atoms with Gasteiger partial charge < -0.3 is 4.90 Å². The van der Waals surface area contributed by atoms with Gasteiger partial charge in [-0.2, -0.15) is 0 Å². The molecule has 0 saturated heterocycles. The lowest BCUT2D eigenvalue weighted by Crippen LogP contribution is -2.32. The summed E-state index contributed by atoms with van der Waals surface area (Å²) in [6.07, 6.45) is 6.79. The lowest BCUT2D eigenvalue weighted by molar-refractivity contribution is 0.0764. The van der Waals surface area contributed by atoms with Crippen LogP contribution >= 0.6 is 0 Å². The number of hydrogen-bond donors (Lipinski definition) is 0. The SMILES string of the molecule is C=Cc1c(C(=O)N(CC)CCC)ccc(C)c1/C=C\C. The molecule has 0 unspecified atom stereocenters. The summed E-state index contributed by atoms with van der Waals surface area (Å²) in [5.74, 6) is 0.0926. The fourth-order valence-electron chi connectivity index (χ4n) is 2.38. The fraction of sp³-hybridized carbons (Fsp3) is 0.389. The van der Waals surface area contributed by atoms with Crippen molar-refractivity contribution in [3.8, 4) is 0 Å². The molecule has 1 rings (SSSR count). The van der Waals surface area contributed by atoms with Crippen LogP contribution in [0.5, 0.6) is 0 Å². The lowest BCUT2D eigenvalue weighted by atomic mass is 9.95. The van der Waals surface area contributed by atoms with Gasteiger partial charge >= 0.3 is 0 Å². The Kier molecular flexibility index (Phi) is 6.23. The van der Waals surface area contributed by atoms with E-state index in [9.17, 15) is 4.79 Å². The summed E-state index contributed by atoms with van der Waals surface area (Å²) in [6, 6.07) is 3.93. The number of hydrogen-bond acceptors (Lipinski definition) is 1. The topological polar surface area (TPSA) is 20.3 Å². The first-order chi connectivity index (χ1) is 9.60. The number of amides is 1. The van der Waals surface area contributed by atoms with Crippen molar-refractivity contribution in [2.24, 2.45) is 0 Å². The summed E-state index contributed by atoms with van der Waals surface area (Å²) in [6.45, 7) is 13.5. The van der Waals surface area contributed by atoms with Crippen LogP contribution in [0.15, 0.2) is 24.8 Å². The van der Waals surface area contributed by atoms with Crippen LogP contribution in [0.4, 0.5) is 0 Å². The molecule has 0 bridgehead atoms. The molecule has 108 valence electrons. The van der Waals surface area contributed by atoms with Gasteiger partial charge in [-0.3, -0.25) is 4.79 Å². The Hall–Kier alpha value is -1.83. The summed E-state index contributed by atoms with van der Waals surface area (Å²) >= 11 is 0. The van der Waals surface area contributed by atoms with Crippen molar-refractivity contribution < 1.29 is 4.79 Å². The van der Waals surface area contributed by atoms with Crippen molar-refractivity contribution in [1.29, 1.82) is 0 Å². The molecule has 20 heavy (non-hydrogen) atoms. The second-order valence-electron chi connectivity index (χ2n) is 4.85. The first kappa shape index (κ1) is 16.2. The number of allylic oxidation sites excluding steroid dienone is 1. The molecule has 2 nitrogen and oxygen atoms in total. The van der Waals surface area contributed by atoms with Crippen molar-refractivity contribution in [1.82, 2.24) is 4.90 Å². The molecule has 0 aliphatic heterocycles. The Morgan fingerprint density at radius 3 is 2.50 bits per heavy atom. The van der Waals surface area contributed by atoms with Crippen molar-refractivity contribution in [2.75, 3.05) is 13.1 Å². The van der Waals surface area contributed by atoms with Gasteiger partial charge in [-0.25, -0.2) is 0 Å². The van der Waals surface area contributed by atoms with Crippen molar-refractivity contribution in [2.45, 2.75) is 34.1 Å². The van der Waals surface area contributed by atoms with E-state index in [4.69, 9.17) is 0 Å². The molecule has 0 heterocycles. The average molecular weight is 271 g/mol. The number of carbonyl (C=O) groups excluding carboxylic acids is 1. The third-order valence-corrected chi connectivity index (χ3v) is 3.44. The van der Waals surface area contributed by atoms with Crippen LogP contribution in [0.3, 0.4) is 0 Å². The van der Waals surface area contributed by atoms with Crippen LogP contribution in [0, 0.1) is 6.92 Å². The molecule has 1 aromatic carbocycles. The van der Waals surface area contributed by atoms with Gasteiger partial charge in [0.1, 0.15) is 0 Å². The Labute approximate surface area is 122 Å². The Morgan fingerprint density at radius 2 is 2.00 bits per heavy atom. The molecule has 1 aromatic rings. The summed E-state index contributed by atoms with van der Waals surface area (Å²) in [7, 11) is 0. The van der Waals surface area contributed by atoms with E-state index in [0.29, 0.717) is 0 Å². The van der Waals surface area contributed by atoms with Gasteiger partial charge in [0.15, 0.2) is 0 Å². The third kappa shape index (κ3) is 3.38. The number of nitrogens with zero attached hydrogens (tertiary/aromatic N) is 1. The highest BCUT2D eigenvalue weighted by atomic mass is 16.2. The molecular formula is C18H25NO. The second kappa shape index (κ2) is 7.68. The van der Waals surface area contributed by atoms with Gasteiger partial charge in [0.2, 0.25) is 0 Å². The van der Waals surface area contributed by atoms with E-state index >= 15 is 0 Å². The zero-order valence-corrected chi connectivity index (χ0v) is 13.1. The predicted molar refractivity (Wildman–Crippen MR) is 87.8 cm³/mol. The quantitative estimate of drug-likeness (QED) is 0.743. The standard InChI is InChI=1S/C18H25NO/c1-6-10-16-14(5)11-12-17(15(16)8-3)18(20)19(9-4)13-7-2/h6,8,10-12H,3,7,9,13H2,1-2,4-5H3/b10-6-. The van der Waals surface area contributed by atoms with Crippen molar-refractivity contribution >= 4 is 18.1 Å².